The van der Waals surface area contributed by atoms with Crippen molar-refractivity contribution in [1.29, 1.82) is 0 Å². The Kier molecular flexibility index (Phi) is 4.61. The molecule has 1 heterocycles. The summed E-state index contributed by atoms with van der Waals surface area (Å²) in [7, 11) is 0. The zero-order chi connectivity index (χ0) is 18.1. The Morgan fingerprint density at radius 1 is 1.24 bits per heavy atom. The first-order valence-electron chi connectivity index (χ1n) is 7.28. The SMILES string of the molecule is Cc1ccccc1/C=C1\SC(=S)N(c2ccc(C(=O)O)c(O)c2)C1=O. The third-order valence-corrected chi connectivity index (χ3v) is 5.04. The molecule has 0 aliphatic carbocycles. The average molecular weight is 371 g/mol. The summed E-state index contributed by atoms with van der Waals surface area (Å²) >= 11 is 6.45. The van der Waals surface area contributed by atoms with Crippen LogP contribution in [-0.4, -0.2) is 26.4 Å². The molecule has 1 aliphatic heterocycles. The number of phenols is 1. The Bertz CT molecular complexity index is 936. The van der Waals surface area contributed by atoms with Crippen LogP contribution in [-0.2, 0) is 4.79 Å². The number of aromatic carboxylic acids is 1. The monoisotopic (exact) mass is 371 g/mol. The van der Waals surface area contributed by atoms with Crippen LogP contribution in [0.3, 0.4) is 0 Å². The normalized spacial score (nSPS) is 15.9. The zero-order valence-corrected chi connectivity index (χ0v) is 14.7. The lowest BCUT2D eigenvalue weighted by atomic mass is 10.1. The van der Waals surface area contributed by atoms with E-state index < -0.39 is 11.7 Å². The Morgan fingerprint density at radius 3 is 2.60 bits per heavy atom. The van der Waals surface area contributed by atoms with Gasteiger partial charge in [0.15, 0.2) is 4.32 Å². The van der Waals surface area contributed by atoms with Crippen LogP contribution in [0.15, 0.2) is 47.4 Å². The molecule has 3 rings (SSSR count). The van der Waals surface area contributed by atoms with E-state index in [9.17, 15) is 14.7 Å². The Balaban J connectivity index is 1.96. The molecule has 7 heteroatoms. The Hall–Kier alpha value is -2.64. The van der Waals surface area contributed by atoms with Crippen LogP contribution in [0.5, 0.6) is 5.75 Å². The number of hydrogen-bond acceptors (Lipinski definition) is 5. The number of thiocarbonyl (C=S) groups is 1. The maximum atomic E-state index is 12.7. The van der Waals surface area contributed by atoms with Gasteiger partial charge in [0.05, 0.1) is 10.6 Å². The molecule has 126 valence electrons. The fourth-order valence-corrected chi connectivity index (χ4v) is 3.71. The predicted molar refractivity (Wildman–Crippen MR) is 102 cm³/mol. The fraction of sp³-hybridized carbons (Fsp3) is 0.0556. The summed E-state index contributed by atoms with van der Waals surface area (Å²) in [6.45, 7) is 1.95. The van der Waals surface area contributed by atoms with Gasteiger partial charge in [-0.3, -0.25) is 9.69 Å². The van der Waals surface area contributed by atoms with E-state index in [1.54, 1.807) is 6.08 Å². The molecule has 0 saturated carbocycles. The summed E-state index contributed by atoms with van der Waals surface area (Å²) in [4.78, 5) is 25.5. The molecule has 1 saturated heterocycles. The number of aryl methyl sites for hydroxylation is 1. The van der Waals surface area contributed by atoms with Gasteiger partial charge in [0, 0.05) is 6.07 Å². The molecule has 2 aromatic carbocycles. The minimum Gasteiger partial charge on any atom is -0.507 e. The van der Waals surface area contributed by atoms with Gasteiger partial charge in [0.2, 0.25) is 0 Å². The van der Waals surface area contributed by atoms with Gasteiger partial charge >= 0.3 is 5.97 Å². The van der Waals surface area contributed by atoms with Crippen molar-refractivity contribution in [3.05, 3.63) is 64.1 Å². The van der Waals surface area contributed by atoms with Crippen LogP contribution >= 0.6 is 24.0 Å². The van der Waals surface area contributed by atoms with Gasteiger partial charge < -0.3 is 10.2 Å². The quantitative estimate of drug-likeness (QED) is 0.631. The molecule has 0 spiro atoms. The van der Waals surface area contributed by atoms with Crippen molar-refractivity contribution in [2.45, 2.75) is 6.92 Å². The average Bonchev–Trinajstić information content (AvgIpc) is 2.83. The highest BCUT2D eigenvalue weighted by molar-refractivity contribution is 8.27. The maximum Gasteiger partial charge on any atom is 0.339 e. The number of aromatic hydroxyl groups is 1. The van der Waals surface area contributed by atoms with E-state index >= 15 is 0 Å². The highest BCUT2D eigenvalue weighted by Gasteiger charge is 2.33. The number of carbonyl (C=O) groups is 2. The number of carbonyl (C=O) groups excluding carboxylic acids is 1. The van der Waals surface area contributed by atoms with E-state index in [0.29, 0.717) is 14.9 Å². The van der Waals surface area contributed by atoms with E-state index in [-0.39, 0.29) is 11.5 Å². The molecule has 2 aromatic rings. The van der Waals surface area contributed by atoms with Gasteiger partial charge in [0.1, 0.15) is 11.3 Å². The lowest BCUT2D eigenvalue weighted by Crippen LogP contribution is -2.27. The molecule has 0 unspecified atom stereocenters. The van der Waals surface area contributed by atoms with Crippen molar-refractivity contribution >= 4 is 51.9 Å². The highest BCUT2D eigenvalue weighted by atomic mass is 32.2. The largest absolute Gasteiger partial charge is 0.507 e. The molecule has 0 radical (unpaired) electrons. The summed E-state index contributed by atoms with van der Waals surface area (Å²) in [6.07, 6.45) is 1.78. The molecular weight excluding hydrogens is 358 g/mol. The van der Waals surface area contributed by atoms with Crippen LogP contribution in [0.2, 0.25) is 0 Å². The molecule has 0 aromatic heterocycles. The third kappa shape index (κ3) is 3.29. The first-order chi connectivity index (χ1) is 11.9. The van der Waals surface area contributed by atoms with Crippen LogP contribution in [0.4, 0.5) is 5.69 Å². The predicted octanol–water partition coefficient (Wildman–Crippen LogP) is 3.80. The van der Waals surface area contributed by atoms with Crippen molar-refractivity contribution in [2.75, 3.05) is 4.90 Å². The number of amides is 1. The second-order valence-electron chi connectivity index (χ2n) is 5.38. The van der Waals surface area contributed by atoms with Gasteiger partial charge in [0.25, 0.3) is 5.91 Å². The van der Waals surface area contributed by atoms with Gasteiger partial charge in [-0.25, -0.2) is 4.79 Å². The third-order valence-electron chi connectivity index (χ3n) is 3.74. The summed E-state index contributed by atoms with van der Waals surface area (Å²) in [5, 5.41) is 18.8. The Morgan fingerprint density at radius 2 is 1.96 bits per heavy atom. The van der Waals surface area contributed by atoms with E-state index in [4.69, 9.17) is 17.3 Å². The number of benzene rings is 2. The summed E-state index contributed by atoms with van der Waals surface area (Å²) in [6, 6.07) is 11.6. The number of nitrogens with zero attached hydrogens (tertiary/aromatic N) is 1. The number of carboxylic acid groups (broad SMARTS) is 1. The van der Waals surface area contributed by atoms with Gasteiger partial charge in [-0.05, 0) is 36.3 Å². The van der Waals surface area contributed by atoms with Crippen LogP contribution in [0.25, 0.3) is 6.08 Å². The summed E-state index contributed by atoms with van der Waals surface area (Å²) in [5.74, 6) is -1.96. The second kappa shape index (κ2) is 6.70. The molecule has 2 N–H and O–H groups in total. The summed E-state index contributed by atoms with van der Waals surface area (Å²) in [5.41, 5.74) is 2.06. The van der Waals surface area contributed by atoms with E-state index in [1.165, 1.54) is 34.9 Å². The zero-order valence-electron chi connectivity index (χ0n) is 13.1. The van der Waals surface area contributed by atoms with Crippen molar-refractivity contribution in [2.24, 2.45) is 0 Å². The van der Waals surface area contributed by atoms with E-state index in [1.807, 2.05) is 31.2 Å². The number of hydrogen-bond donors (Lipinski definition) is 2. The van der Waals surface area contributed by atoms with Crippen LogP contribution in [0.1, 0.15) is 21.5 Å². The van der Waals surface area contributed by atoms with Crippen molar-refractivity contribution in [3.8, 4) is 5.75 Å². The molecule has 0 bridgehead atoms. The molecule has 1 fully saturated rings. The number of carboxylic acids is 1. The molecule has 0 atom stereocenters. The Labute approximate surface area is 153 Å². The fourth-order valence-electron chi connectivity index (χ4n) is 2.42. The smallest absolute Gasteiger partial charge is 0.339 e. The van der Waals surface area contributed by atoms with Crippen molar-refractivity contribution < 1.29 is 19.8 Å². The maximum absolute atomic E-state index is 12.7. The number of rotatable bonds is 3. The van der Waals surface area contributed by atoms with Crippen molar-refractivity contribution in [1.82, 2.24) is 0 Å². The van der Waals surface area contributed by atoms with Gasteiger partial charge in [-0.15, -0.1) is 0 Å². The van der Waals surface area contributed by atoms with E-state index in [2.05, 4.69) is 0 Å². The topological polar surface area (TPSA) is 77.8 Å². The summed E-state index contributed by atoms with van der Waals surface area (Å²) < 4.78 is 0.326. The second-order valence-corrected chi connectivity index (χ2v) is 7.06. The first kappa shape index (κ1) is 17.2. The highest BCUT2D eigenvalue weighted by Crippen LogP contribution is 2.37. The van der Waals surface area contributed by atoms with Crippen LogP contribution < -0.4 is 4.90 Å². The van der Waals surface area contributed by atoms with Crippen LogP contribution in [0, 0.1) is 6.92 Å². The first-order valence-corrected chi connectivity index (χ1v) is 8.51. The van der Waals surface area contributed by atoms with Gasteiger partial charge in [-0.1, -0.05) is 48.2 Å². The minimum absolute atomic E-state index is 0.232. The molecule has 1 amide bonds. The molecular formula is C18H13NO4S2. The standard InChI is InChI=1S/C18H13NO4S2/c1-10-4-2-3-5-11(10)8-15-16(21)19(18(24)25-15)12-6-7-13(17(22)23)14(20)9-12/h2-9,20H,1H3,(H,22,23)/b15-8-. The number of anilines is 1. The van der Waals surface area contributed by atoms with E-state index in [0.717, 1.165) is 11.1 Å². The lowest BCUT2D eigenvalue weighted by molar-refractivity contribution is -0.113. The molecule has 1 aliphatic rings. The molecule has 5 nitrogen and oxygen atoms in total. The lowest BCUT2D eigenvalue weighted by Gasteiger charge is -2.15. The van der Waals surface area contributed by atoms with Crippen molar-refractivity contribution in [3.63, 3.8) is 0 Å². The number of thioether (sulfide) groups is 1. The minimum atomic E-state index is -1.24. The van der Waals surface area contributed by atoms with Gasteiger partial charge in [-0.2, -0.15) is 0 Å². The molecule has 25 heavy (non-hydrogen) atoms.